The quantitative estimate of drug-likeness (QED) is 0.422. The third kappa shape index (κ3) is 4.50. The first-order valence-electron chi connectivity index (χ1n) is 10.7. The van der Waals surface area contributed by atoms with Crippen LogP contribution in [0.25, 0.3) is 0 Å². The van der Waals surface area contributed by atoms with E-state index in [0.29, 0.717) is 24.2 Å². The molecular weight excluding hydrogens is 402 g/mol. The zero-order chi connectivity index (χ0) is 21.8. The van der Waals surface area contributed by atoms with Crippen LogP contribution in [-0.2, 0) is 19.7 Å². The summed E-state index contributed by atoms with van der Waals surface area (Å²) >= 11 is 0. The Kier molecular flexibility index (Phi) is 5.85. The zero-order valence-corrected chi connectivity index (χ0v) is 18.0. The highest BCUT2D eigenvalue weighted by molar-refractivity contribution is 5.40. The van der Waals surface area contributed by atoms with E-state index in [4.69, 9.17) is 14.0 Å². The molecule has 0 saturated heterocycles. The lowest BCUT2D eigenvalue weighted by Gasteiger charge is -2.34. The molecule has 0 radical (unpaired) electrons. The molecule has 1 aromatic heterocycles. The number of benzene rings is 3. The molecule has 1 aliphatic rings. The SMILES string of the molecule is COc1ccc(OCc2noc(CN3Cc4ccccc4C(c4ccccc4)C3)n2)cc1. The molecule has 2 heterocycles. The van der Waals surface area contributed by atoms with Crippen molar-refractivity contribution in [2.24, 2.45) is 0 Å². The summed E-state index contributed by atoms with van der Waals surface area (Å²) in [6, 6.07) is 26.8. The Morgan fingerprint density at radius 3 is 2.50 bits per heavy atom. The van der Waals surface area contributed by atoms with E-state index in [9.17, 15) is 0 Å². The van der Waals surface area contributed by atoms with Crippen LogP contribution in [-0.4, -0.2) is 28.7 Å². The molecule has 1 unspecified atom stereocenters. The summed E-state index contributed by atoms with van der Waals surface area (Å²) in [6.07, 6.45) is 0. The van der Waals surface area contributed by atoms with Crippen molar-refractivity contribution in [2.45, 2.75) is 25.6 Å². The molecule has 0 amide bonds. The number of hydrogen-bond donors (Lipinski definition) is 0. The molecule has 0 bridgehead atoms. The van der Waals surface area contributed by atoms with Gasteiger partial charge in [-0.2, -0.15) is 4.98 Å². The first-order valence-corrected chi connectivity index (χ1v) is 10.7. The average molecular weight is 428 g/mol. The highest BCUT2D eigenvalue weighted by Crippen LogP contribution is 2.33. The Labute approximate surface area is 187 Å². The number of fused-ring (bicyclic) bond motifs is 1. The normalized spacial score (nSPS) is 15.8. The molecule has 0 spiro atoms. The standard InChI is InChI=1S/C26H25N3O3/c1-30-21-11-13-22(14-12-21)31-18-25-27-26(32-28-25)17-29-15-20-9-5-6-10-23(20)24(16-29)19-7-3-2-4-8-19/h2-14,24H,15-18H2,1H3. The predicted molar refractivity (Wildman–Crippen MR) is 120 cm³/mol. The Morgan fingerprint density at radius 2 is 1.69 bits per heavy atom. The van der Waals surface area contributed by atoms with Gasteiger partial charge in [-0.25, -0.2) is 0 Å². The van der Waals surface area contributed by atoms with Crippen molar-refractivity contribution in [1.82, 2.24) is 15.0 Å². The molecule has 162 valence electrons. The summed E-state index contributed by atoms with van der Waals surface area (Å²) in [5.74, 6) is 2.98. The Bertz CT molecular complexity index is 1160. The number of methoxy groups -OCH3 is 1. The van der Waals surface area contributed by atoms with Crippen molar-refractivity contribution in [1.29, 1.82) is 0 Å². The van der Waals surface area contributed by atoms with Gasteiger partial charge < -0.3 is 14.0 Å². The summed E-state index contributed by atoms with van der Waals surface area (Å²) in [7, 11) is 1.64. The van der Waals surface area contributed by atoms with E-state index < -0.39 is 0 Å². The van der Waals surface area contributed by atoms with Gasteiger partial charge in [-0.15, -0.1) is 0 Å². The lowest BCUT2D eigenvalue weighted by Crippen LogP contribution is -2.33. The summed E-state index contributed by atoms with van der Waals surface area (Å²) in [5, 5.41) is 4.09. The third-order valence-corrected chi connectivity index (χ3v) is 5.76. The molecule has 0 N–H and O–H groups in total. The minimum atomic E-state index is 0.255. The van der Waals surface area contributed by atoms with Crippen LogP contribution in [0.3, 0.4) is 0 Å². The van der Waals surface area contributed by atoms with Crippen LogP contribution in [0.5, 0.6) is 11.5 Å². The molecule has 0 fully saturated rings. The van der Waals surface area contributed by atoms with Crippen molar-refractivity contribution in [3.05, 3.63) is 107 Å². The van der Waals surface area contributed by atoms with Crippen molar-refractivity contribution < 1.29 is 14.0 Å². The highest BCUT2D eigenvalue weighted by atomic mass is 16.5. The topological polar surface area (TPSA) is 60.6 Å². The number of nitrogens with zero attached hydrogens (tertiary/aromatic N) is 3. The molecule has 1 atom stereocenters. The van der Waals surface area contributed by atoms with E-state index in [1.807, 2.05) is 24.3 Å². The van der Waals surface area contributed by atoms with Gasteiger partial charge in [0.05, 0.1) is 13.7 Å². The van der Waals surface area contributed by atoms with Gasteiger partial charge in [0.25, 0.3) is 0 Å². The minimum Gasteiger partial charge on any atom is -0.497 e. The summed E-state index contributed by atoms with van der Waals surface area (Å²) in [5.41, 5.74) is 4.06. The largest absolute Gasteiger partial charge is 0.497 e. The number of aromatic nitrogens is 2. The van der Waals surface area contributed by atoms with Crippen molar-refractivity contribution in [3.8, 4) is 11.5 Å². The molecule has 0 aliphatic carbocycles. The number of rotatable bonds is 7. The van der Waals surface area contributed by atoms with Crippen LogP contribution < -0.4 is 9.47 Å². The van der Waals surface area contributed by atoms with Crippen molar-refractivity contribution in [3.63, 3.8) is 0 Å². The molecule has 6 heteroatoms. The van der Waals surface area contributed by atoms with E-state index in [0.717, 1.165) is 24.6 Å². The second-order valence-electron chi connectivity index (χ2n) is 7.90. The van der Waals surface area contributed by atoms with Gasteiger partial charge in [0.1, 0.15) is 11.5 Å². The third-order valence-electron chi connectivity index (χ3n) is 5.76. The van der Waals surface area contributed by atoms with Crippen molar-refractivity contribution >= 4 is 0 Å². The molecule has 6 nitrogen and oxygen atoms in total. The lowest BCUT2D eigenvalue weighted by atomic mass is 9.85. The lowest BCUT2D eigenvalue weighted by molar-refractivity contribution is 0.200. The maximum atomic E-state index is 5.76. The van der Waals surface area contributed by atoms with Gasteiger partial charge in [0, 0.05) is 19.0 Å². The minimum absolute atomic E-state index is 0.255. The molecule has 1 aliphatic heterocycles. The van der Waals surface area contributed by atoms with Crippen LogP contribution in [0, 0.1) is 0 Å². The van der Waals surface area contributed by atoms with Gasteiger partial charge in [0.15, 0.2) is 6.61 Å². The van der Waals surface area contributed by atoms with Crippen LogP contribution in [0.4, 0.5) is 0 Å². The Morgan fingerprint density at radius 1 is 0.938 bits per heavy atom. The van der Waals surface area contributed by atoms with E-state index in [-0.39, 0.29) is 6.61 Å². The molecule has 4 aromatic rings. The van der Waals surface area contributed by atoms with E-state index in [2.05, 4.69) is 69.6 Å². The van der Waals surface area contributed by atoms with Gasteiger partial charge >= 0.3 is 0 Å². The molecule has 0 saturated carbocycles. The smallest absolute Gasteiger partial charge is 0.240 e. The fourth-order valence-corrected chi connectivity index (χ4v) is 4.20. The van der Waals surface area contributed by atoms with Crippen LogP contribution in [0.1, 0.15) is 34.3 Å². The first kappa shape index (κ1) is 20.3. The predicted octanol–water partition coefficient (Wildman–Crippen LogP) is 4.80. The zero-order valence-electron chi connectivity index (χ0n) is 18.0. The van der Waals surface area contributed by atoms with E-state index in [1.54, 1.807) is 7.11 Å². The van der Waals surface area contributed by atoms with Crippen LogP contribution in [0.15, 0.2) is 83.4 Å². The van der Waals surface area contributed by atoms with Crippen LogP contribution >= 0.6 is 0 Å². The summed E-state index contributed by atoms with van der Waals surface area (Å²) in [4.78, 5) is 6.90. The van der Waals surface area contributed by atoms with E-state index >= 15 is 0 Å². The molecule has 5 rings (SSSR count). The van der Waals surface area contributed by atoms with E-state index in [1.165, 1.54) is 16.7 Å². The Balaban J connectivity index is 1.26. The average Bonchev–Trinajstić information content (AvgIpc) is 3.30. The van der Waals surface area contributed by atoms with Gasteiger partial charge in [-0.3, -0.25) is 4.90 Å². The summed E-state index contributed by atoms with van der Waals surface area (Å²) < 4.78 is 16.4. The second-order valence-corrected chi connectivity index (χ2v) is 7.90. The maximum absolute atomic E-state index is 5.76. The van der Waals surface area contributed by atoms with Gasteiger partial charge in [-0.1, -0.05) is 59.8 Å². The van der Waals surface area contributed by atoms with Gasteiger partial charge in [0.2, 0.25) is 11.7 Å². The molecule has 3 aromatic carbocycles. The summed E-state index contributed by atoms with van der Waals surface area (Å²) in [6.45, 7) is 2.62. The first-order chi connectivity index (χ1) is 15.8. The molecule has 32 heavy (non-hydrogen) atoms. The van der Waals surface area contributed by atoms with Crippen LogP contribution in [0.2, 0.25) is 0 Å². The van der Waals surface area contributed by atoms with Gasteiger partial charge in [-0.05, 0) is 41.0 Å². The second kappa shape index (κ2) is 9.24. The fraction of sp³-hybridized carbons (Fsp3) is 0.231. The molecular formula is C26H25N3O3. The number of ether oxygens (including phenoxy) is 2. The fourth-order valence-electron chi connectivity index (χ4n) is 4.20. The highest BCUT2D eigenvalue weighted by Gasteiger charge is 2.27. The Hall–Kier alpha value is -3.64. The number of hydrogen-bond acceptors (Lipinski definition) is 6. The monoisotopic (exact) mass is 427 g/mol. The van der Waals surface area contributed by atoms with Crippen molar-refractivity contribution in [2.75, 3.05) is 13.7 Å². The maximum Gasteiger partial charge on any atom is 0.240 e.